The maximum absolute atomic E-state index is 11.3. The molecule has 0 aliphatic heterocycles. The van der Waals surface area contributed by atoms with E-state index in [0.717, 1.165) is 19.3 Å². The van der Waals surface area contributed by atoms with Crippen molar-refractivity contribution >= 4 is 5.78 Å². The Morgan fingerprint density at radius 2 is 1.82 bits per heavy atom. The van der Waals surface area contributed by atoms with Crippen LogP contribution in [-0.2, 0) is 4.79 Å². The average Bonchev–Trinajstić information content (AvgIpc) is 2.25. The zero-order valence-electron chi connectivity index (χ0n) is 11.3. The quantitative estimate of drug-likeness (QED) is 0.334. The third-order valence-electron chi connectivity index (χ3n) is 2.35. The molecule has 0 aliphatic carbocycles. The molecule has 0 aromatic rings. The monoisotopic (exact) mass is 232 g/mol. The van der Waals surface area contributed by atoms with Gasteiger partial charge in [0, 0.05) is 6.42 Å². The van der Waals surface area contributed by atoms with E-state index in [4.69, 9.17) is 0 Å². The van der Waals surface area contributed by atoms with Crippen molar-refractivity contribution in [3.63, 3.8) is 0 Å². The van der Waals surface area contributed by atoms with Crippen molar-refractivity contribution in [2.24, 2.45) is 0 Å². The normalized spacial score (nSPS) is 11.6. The van der Waals surface area contributed by atoms with Gasteiger partial charge in [0.05, 0.1) is 0 Å². The van der Waals surface area contributed by atoms with Gasteiger partial charge in [0.2, 0.25) is 0 Å². The van der Waals surface area contributed by atoms with E-state index in [-0.39, 0.29) is 5.78 Å². The molecular formula is C16H24O. The second-order valence-electron chi connectivity index (χ2n) is 4.49. The van der Waals surface area contributed by atoms with Gasteiger partial charge in [0.15, 0.2) is 5.78 Å². The van der Waals surface area contributed by atoms with Crippen LogP contribution in [-0.4, -0.2) is 5.78 Å². The molecule has 0 fully saturated rings. The molecule has 17 heavy (non-hydrogen) atoms. The Morgan fingerprint density at radius 1 is 1.12 bits per heavy atom. The maximum Gasteiger partial charge on any atom is 0.155 e. The maximum atomic E-state index is 11.3. The van der Waals surface area contributed by atoms with Gasteiger partial charge in [-0.2, -0.15) is 0 Å². The van der Waals surface area contributed by atoms with E-state index in [1.54, 1.807) is 12.2 Å². The second kappa shape index (κ2) is 9.83. The molecule has 0 saturated heterocycles. The summed E-state index contributed by atoms with van der Waals surface area (Å²) in [7, 11) is 0. The summed E-state index contributed by atoms with van der Waals surface area (Å²) < 4.78 is 0. The highest BCUT2D eigenvalue weighted by atomic mass is 16.1. The average molecular weight is 232 g/mol. The van der Waals surface area contributed by atoms with Crippen LogP contribution >= 0.6 is 0 Å². The number of hydrogen-bond donors (Lipinski definition) is 0. The Balaban J connectivity index is 3.96. The Bertz CT molecular complexity index is 325. The molecule has 0 heterocycles. The minimum atomic E-state index is 0.165. The molecule has 1 nitrogen and oxygen atoms in total. The van der Waals surface area contributed by atoms with Crippen LogP contribution < -0.4 is 0 Å². The molecule has 0 radical (unpaired) electrons. The van der Waals surface area contributed by atoms with Crippen LogP contribution in [0.4, 0.5) is 0 Å². The van der Waals surface area contributed by atoms with E-state index >= 15 is 0 Å². The van der Waals surface area contributed by atoms with Crippen LogP contribution in [0, 0.1) is 0 Å². The summed E-state index contributed by atoms with van der Waals surface area (Å²) in [6.45, 7) is 9.91. The number of allylic oxidation sites excluding steroid dienone is 7. The zero-order valence-corrected chi connectivity index (χ0v) is 11.3. The Labute approximate surface area is 106 Å². The van der Waals surface area contributed by atoms with E-state index in [2.05, 4.69) is 33.4 Å². The first-order valence-electron chi connectivity index (χ1n) is 6.17. The van der Waals surface area contributed by atoms with Crippen LogP contribution in [0.5, 0.6) is 0 Å². The summed E-state index contributed by atoms with van der Waals surface area (Å²) >= 11 is 0. The topological polar surface area (TPSA) is 17.1 Å². The molecule has 1 heteroatoms. The lowest BCUT2D eigenvalue weighted by Gasteiger charge is -1.96. The number of hydrogen-bond acceptors (Lipinski definition) is 1. The molecule has 0 aromatic carbocycles. The van der Waals surface area contributed by atoms with Gasteiger partial charge in [-0.1, -0.05) is 35.5 Å². The fourth-order valence-corrected chi connectivity index (χ4v) is 1.32. The lowest BCUT2D eigenvalue weighted by Crippen LogP contribution is -1.89. The molecular weight excluding hydrogens is 208 g/mol. The van der Waals surface area contributed by atoms with Gasteiger partial charge in [-0.15, -0.1) is 6.58 Å². The predicted molar refractivity (Wildman–Crippen MR) is 76.0 cm³/mol. The molecule has 0 amide bonds. The minimum Gasteiger partial charge on any atom is -0.295 e. The molecule has 0 unspecified atom stereocenters. The fraction of sp³-hybridized carbons (Fsp3) is 0.438. The summed E-state index contributed by atoms with van der Waals surface area (Å²) in [5.74, 6) is 0.165. The van der Waals surface area contributed by atoms with Gasteiger partial charge in [-0.05, 0) is 46.1 Å². The van der Waals surface area contributed by atoms with Crippen molar-refractivity contribution < 1.29 is 4.79 Å². The zero-order chi connectivity index (χ0) is 13.1. The highest BCUT2D eigenvalue weighted by Gasteiger charge is 1.92. The minimum absolute atomic E-state index is 0.165. The standard InChI is InChI=1S/C16H24O/c1-5-6-12-16(17)13-8-11-15(4)10-7-9-14(2)3/h5,8-9,11,13H,1,6-7,10,12H2,2-4H3. The predicted octanol–water partition coefficient (Wildman–Crippen LogP) is 4.77. The number of carbonyl (C=O) groups is 1. The summed E-state index contributed by atoms with van der Waals surface area (Å²) in [6.07, 6.45) is 13.0. The smallest absolute Gasteiger partial charge is 0.155 e. The molecule has 94 valence electrons. The van der Waals surface area contributed by atoms with Crippen molar-refractivity contribution in [1.29, 1.82) is 0 Å². The largest absolute Gasteiger partial charge is 0.295 e. The lowest BCUT2D eigenvalue weighted by atomic mass is 10.1. The molecule has 0 aromatic heterocycles. The summed E-state index contributed by atoms with van der Waals surface area (Å²) in [6, 6.07) is 0. The van der Waals surface area contributed by atoms with Crippen LogP contribution in [0.15, 0.2) is 48.1 Å². The van der Waals surface area contributed by atoms with Crippen LogP contribution in [0.25, 0.3) is 0 Å². The van der Waals surface area contributed by atoms with Crippen molar-refractivity contribution in [3.8, 4) is 0 Å². The molecule has 0 bridgehead atoms. The third-order valence-corrected chi connectivity index (χ3v) is 2.35. The number of rotatable bonds is 8. The van der Waals surface area contributed by atoms with E-state index in [1.165, 1.54) is 11.1 Å². The summed E-state index contributed by atoms with van der Waals surface area (Å²) in [5.41, 5.74) is 2.66. The van der Waals surface area contributed by atoms with Gasteiger partial charge in [-0.25, -0.2) is 0 Å². The number of carbonyl (C=O) groups excluding carboxylic acids is 1. The highest BCUT2D eigenvalue weighted by molar-refractivity contribution is 5.89. The molecule has 0 rings (SSSR count). The van der Waals surface area contributed by atoms with Gasteiger partial charge in [-0.3, -0.25) is 4.79 Å². The Morgan fingerprint density at radius 3 is 2.41 bits per heavy atom. The second-order valence-corrected chi connectivity index (χ2v) is 4.49. The lowest BCUT2D eigenvalue weighted by molar-refractivity contribution is -0.114. The van der Waals surface area contributed by atoms with Crippen LogP contribution in [0.3, 0.4) is 0 Å². The van der Waals surface area contributed by atoms with Crippen molar-refractivity contribution in [1.82, 2.24) is 0 Å². The summed E-state index contributed by atoms with van der Waals surface area (Å²) in [4.78, 5) is 11.3. The van der Waals surface area contributed by atoms with E-state index in [0.29, 0.717) is 6.42 Å². The van der Waals surface area contributed by atoms with Gasteiger partial charge in [0.25, 0.3) is 0 Å². The first-order chi connectivity index (χ1) is 8.06. The molecule has 0 aliphatic rings. The van der Waals surface area contributed by atoms with E-state index in [9.17, 15) is 4.79 Å². The van der Waals surface area contributed by atoms with Crippen molar-refractivity contribution in [2.45, 2.75) is 46.5 Å². The van der Waals surface area contributed by atoms with Gasteiger partial charge < -0.3 is 0 Å². The Hall–Kier alpha value is -1.37. The summed E-state index contributed by atoms with van der Waals surface area (Å²) in [5, 5.41) is 0. The first kappa shape index (κ1) is 15.6. The molecule has 0 spiro atoms. The molecule has 0 saturated carbocycles. The van der Waals surface area contributed by atoms with Crippen LogP contribution in [0.1, 0.15) is 46.5 Å². The fourth-order valence-electron chi connectivity index (χ4n) is 1.32. The van der Waals surface area contributed by atoms with Gasteiger partial charge in [0.1, 0.15) is 0 Å². The van der Waals surface area contributed by atoms with Crippen molar-refractivity contribution in [2.75, 3.05) is 0 Å². The highest BCUT2D eigenvalue weighted by Crippen LogP contribution is 2.06. The SMILES string of the molecule is C=CCCC(=O)C=CC=C(C)CCC=C(C)C. The first-order valence-corrected chi connectivity index (χ1v) is 6.17. The van der Waals surface area contributed by atoms with Crippen LogP contribution in [0.2, 0.25) is 0 Å². The van der Waals surface area contributed by atoms with Gasteiger partial charge >= 0.3 is 0 Å². The van der Waals surface area contributed by atoms with E-state index in [1.807, 2.05) is 12.2 Å². The molecule has 0 N–H and O–H groups in total. The molecule has 0 atom stereocenters. The third kappa shape index (κ3) is 10.9. The number of ketones is 1. The van der Waals surface area contributed by atoms with E-state index < -0.39 is 0 Å². The van der Waals surface area contributed by atoms with Crippen molar-refractivity contribution in [3.05, 3.63) is 48.1 Å². The Kier molecular flexibility index (Phi) is 9.04.